The lowest BCUT2D eigenvalue weighted by molar-refractivity contribution is 0.0992. The highest BCUT2D eigenvalue weighted by Crippen LogP contribution is 1.93. The Bertz CT molecular complexity index is 335. The van der Waals surface area contributed by atoms with E-state index in [9.17, 15) is 4.79 Å². The Hall–Kier alpha value is -1.20. The van der Waals surface area contributed by atoms with Gasteiger partial charge in [0.1, 0.15) is 12.4 Å². The third kappa shape index (κ3) is 3.68. The summed E-state index contributed by atoms with van der Waals surface area (Å²) >= 11 is 0. The summed E-state index contributed by atoms with van der Waals surface area (Å²) in [5.41, 5.74) is 0.507. The van der Waals surface area contributed by atoms with Crippen molar-refractivity contribution in [2.45, 2.75) is 20.0 Å². The van der Waals surface area contributed by atoms with Gasteiger partial charge in [-0.3, -0.25) is 4.79 Å². The van der Waals surface area contributed by atoms with Gasteiger partial charge in [-0.15, -0.1) is 0 Å². The minimum Gasteiger partial charge on any atom is -0.396 e. The lowest BCUT2D eigenvalue weighted by Crippen LogP contribution is -2.12. The second-order valence-corrected chi connectivity index (χ2v) is 2.96. The average molecular weight is 198 g/mol. The zero-order valence-corrected chi connectivity index (χ0v) is 8.12. The Morgan fingerprint density at radius 2 is 2.43 bits per heavy atom. The summed E-state index contributed by atoms with van der Waals surface area (Å²) in [7, 11) is 0. The van der Waals surface area contributed by atoms with Gasteiger partial charge < -0.3 is 14.8 Å². The van der Waals surface area contributed by atoms with Crippen molar-refractivity contribution in [1.29, 1.82) is 0 Å². The Kier molecular flexibility index (Phi) is 4.28. The molecular formula is C9H14N2O3. The smallest absolute Gasteiger partial charge is 0.251 e. The number of nitrogens with zero attached hydrogens (tertiary/aromatic N) is 1. The summed E-state index contributed by atoms with van der Waals surface area (Å²) in [6, 6.07) is 1.43. The third-order valence-corrected chi connectivity index (χ3v) is 1.60. The molecule has 2 N–H and O–H groups in total. The molecule has 0 spiro atoms. The summed E-state index contributed by atoms with van der Waals surface area (Å²) in [5.74, 6) is 0.521. The minimum absolute atomic E-state index is 0.109. The highest BCUT2D eigenvalue weighted by atomic mass is 16.5. The Labute approximate surface area is 81.8 Å². The first kappa shape index (κ1) is 10.9. The van der Waals surface area contributed by atoms with E-state index in [1.54, 1.807) is 6.92 Å². The van der Waals surface area contributed by atoms with Crippen LogP contribution in [0.1, 0.15) is 17.9 Å². The van der Waals surface area contributed by atoms with Crippen LogP contribution in [0.25, 0.3) is 0 Å². The fourth-order valence-corrected chi connectivity index (χ4v) is 1.04. The molecule has 1 heterocycles. The van der Waals surface area contributed by atoms with Crippen molar-refractivity contribution in [2.75, 3.05) is 13.2 Å². The molecule has 0 unspecified atom stereocenters. The van der Waals surface area contributed by atoms with E-state index in [1.807, 2.05) is 0 Å². The predicted octanol–water partition coefficient (Wildman–Crippen LogP) is -0.0227. The van der Waals surface area contributed by atoms with Crippen LogP contribution < -0.4 is 5.56 Å². The zero-order chi connectivity index (χ0) is 10.4. The minimum atomic E-state index is -0.168. The molecule has 0 amide bonds. The molecule has 0 fully saturated rings. The standard InChI is InChI=1S/C9H14N2O3/c1-7-5-9(13)11-8(10-7)6-14-4-2-3-12/h5,12H,2-4,6H2,1H3,(H,10,11,13). The number of hydrogen-bond acceptors (Lipinski definition) is 4. The Balaban J connectivity index is 2.46. The lowest BCUT2D eigenvalue weighted by atomic mass is 10.4. The molecule has 14 heavy (non-hydrogen) atoms. The monoisotopic (exact) mass is 198 g/mol. The maximum absolute atomic E-state index is 11.0. The number of aliphatic hydroxyl groups excluding tert-OH is 1. The first-order valence-electron chi connectivity index (χ1n) is 4.48. The van der Waals surface area contributed by atoms with Crippen LogP contribution in [-0.2, 0) is 11.3 Å². The first-order valence-corrected chi connectivity index (χ1v) is 4.48. The van der Waals surface area contributed by atoms with E-state index in [1.165, 1.54) is 6.07 Å². The highest BCUT2D eigenvalue weighted by Gasteiger charge is 1.97. The molecular weight excluding hydrogens is 184 g/mol. The number of H-pyrrole nitrogens is 1. The van der Waals surface area contributed by atoms with Gasteiger partial charge in [0.2, 0.25) is 0 Å². The molecule has 0 aromatic carbocycles. The highest BCUT2D eigenvalue weighted by molar-refractivity contribution is 4.99. The summed E-state index contributed by atoms with van der Waals surface area (Å²) in [6.07, 6.45) is 0.593. The van der Waals surface area contributed by atoms with Crippen molar-refractivity contribution in [3.05, 3.63) is 27.9 Å². The molecule has 1 rings (SSSR count). The van der Waals surface area contributed by atoms with Gasteiger partial charge >= 0.3 is 0 Å². The van der Waals surface area contributed by atoms with Crippen molar-refractivity contribution < 1.29 is 9.84 Å². The summed E-state index contributed by atoms with van der Waals surface area (Å²) in [6.45, 7) is 2.61. The zero-order valence-electron chi connectivity index (χ0n) is 8.12. The molecule has 5 nitrogen and oxygen atoms in total. The van der Waals surface area contributed by atoms with Crippen molar-refractivity contribution in [3.8, 4) is 0 Å². The van der Waals surface area contributed by atoms with E-state index >= 15 is 0 Å². The average Bonchev–Trinajstić information content (AvgIpc) is 2.11. The molecule has 0 bridgehead atoms. The lowest BCUT2D eigenvalue weighted by Gasteiger charge is -2.02. The summed E-state index contributed by atoms with van der Waals surface area (Å²) in [4.78, 5) is 17.7. The second-order valence-electron chi connectivity index (χ2n) is 2.96. The molecule has 0 saturated heterocycles. The number of hydrogen-bond donors (Lipinski definition) is 2. The van der Waals surface area contributed by atoms with Gasteiger partial charge in [-0.05, 0) is 13.3 Å². The predicted molar refractivity (Wildman–Crippen MR) is 51.0 cm³/mol. The molecule has 0 saturated carbocycles. The van der Waals surface area contributed by atoms with Gasteiger partial charge in [-0.1, -0.05) is 0 Å². The van der Waals surface area contributed by atoms with E-state index < -0.39 is 0 Å². The maximum atomic E-state index is 11.0. The van der Waals surface area contributed by atoms with Crippen LogP contribution in [0.4, 0.5) is 0 Å². The molecule has 0 aliphatic carbocycles. The number of aromatic amines is 1. The van der Waals surface area contributed by atoms with E-state index in [0.717, 1.165) is 0 Å². The number of aliphatic hydroxyl groups is 1. The topological polar surface area (TPSA) is 75.2 Å². The van der Waals surface area contributed by atoms with Crippen LogP contribution in [0.3, 0.4) is 0 Å². The van der Waals surface area contributed by atoms with Crippen molar-refractivity contribution >= 4 is 0 Å². The van der Waals surface area contributed by atoms with Gasteiger partial charge in [0.15, 0.2) is 0 Å². The quantitative estimate of drug-likeness (QED) is 0.652. The van der Waals surface area contributed by atoms with E-state index in [2.05, 4.69) is 9.97 Å². The second kappa shape index (κ2) is 5.51. The van der Waals surface area contributed by atoms with Gasteiger partial charge in [0.25, 0.3) is 5.56 Å². The van der Waals surface area contributed by atoms with E-state index in [-0.39, 0.29) is 18.8 Å². The molecule has 0 aliphatic rings. The Morgan fingerprint density at radius 3 is 3.07 bits per heavy atom. The first-order chi connectivity index (χ1) is 6.72. The van der Waals surface area contributed by atoms with Crippen LogP contribution >= 0.6 is 0 Å². The summed E-state index contributed by atoms with van der Waals surface area (Å²) in [5, 5.41) is 8.50. The third-order valence-electron chi connectivity index (χ3n) is 1.60. The number of rotatable bonds is 5. The van der Waals surface area contributed by atoms with Gasteiger partial charge in [-0.2, -0.15) is 0 Å². The Morgan fingerprint density at radius 1 is 1.64 bits per heavy atom. The fourth-order valence-electron chi connectivity index (χ4n) is 1.04. The normalized spacial score (nSPS) is 10.4. The largest absolute Gasteiger partial charge is 0.396 e. The number of aryl methyl sites for hydroxylation is 1. The number of ether oxygens (including phenoxy) is 1. The van der Waals surface area contributed by atoms with E-state index in [4.69, 9.17) is 9.84 Å². The van der Waals surface area contributed by atoms with Gasteiger partial charge in [-0.25, -0.2) is 4.98 Å². The molecule has 0 aliphatic heterocycles. The van der Waals surface area contributed by atoms with Crippen LogP contribution in [0.15, 0.2) is 10.9 Å². The van der Waals surface area contributed by atoms with Crippen molar-refractivity contribution in [3.63, 3.8) is 0 Å². The molecule has 5 heteroatoms. The molecule has 1 aromatic rings. The van der Waals surface area contributed by atoms with Crippen molar-refractivity contribution in [2.24, 2.45) is 0 Å². The van der Waals surface area contributed by atoms with E-state index in [0.29, 0.717) is 24.5 Å². The van der Waals surface area contributed by atoms with Crippen LogP contribution in [-0.4, -0.2) is 28.3 Å². The number of aromatic nitrogens is 2. The maximum Gasteiger partial charge on any atom is 0.251 e. The van der Waals surface area contributed by atoms with Crippen molar-refractivity contribution in [1.82, 2.24) is 9.97 Å². The van der Waals surface area contributed by atoms with Gasteiger partial charge in [0, 0.05) is 25.0 Å². The van der Waals surface area contributed by atoms with Crippen LogP contribution in [0.2, 0.25) is 0 Å². The number of nitrogens with one attached hydrogen (secondary N) is 1. The van der Waals surface area contributed by atoms with Crippen LogP contribution in [0.5, 0.6) is 0 Å². The molecule has 0 radical (unpaired) electrons. The van der Waals surface area contributed by atoms with Gasteiger partial charge in [0.05, 0.1) is 0 Å². The molecule has 78 valence electrons. The molecule has 1 aromatic heterocycles. The molecule has 0 atom stereocenters. The SMILES string of the molecule is Cc1cc(=O)[nH]c(COCCCO)n1. The fraction of sp³-hybridized carbons (Fsp3) is 0.556. The summed E-state index contributed by atoms with van der Waals surface area (Å²) < 4.78 is 5.18. The van der Waals surface area contributed by atoms with Crippen LogP contribution in [0, 0.1) is 6.92 Å².